The predicted molar refractivity (Wildman–Crippen MR) is 78.1 cm³/mol. The molecule has 1 saturated heterocycles. The van der Waals surface area contributed by atoms with Crippen molar-refractivity contribution in [2.75, 3.05) is 24.6 Å². The number of sulfone groups is 1. The van der Waals surface area contributed by atoms with Gasteiger partial charge in [0.1, 0.15) is 9.84 Å². The molecular weight excluding hydrogens is 270 g/mol. The second-order valence-electron chi connectivity index (χ2n) is 5.29. The molecule has 0 saturated carbocycles. The Labute approximate surface area is 117 Å². The first-order chi connectivity index (χ1) is 8.44. The molecule has 1 fully saturated rings. The maximum atomic E-state index is 11.5. The number of likely N-dealkylation sites (tertiary alicyclic amines) is 1. The number of rotatable bonds is 7. The minimum Gasteiger partial charge on any atom is -0.300 e. The standard InChI is InChI=1S/C13H26ClNO2S/c1-3-18(16,17)10-6-9-15-8-5-4-7-13(15)11-12(2)14/h12-13H,3-11H2,1-2H3. The largest absolute Gasteiger partial charge is 0.300 e. The van der Waals surface area contributed by atoms with Gasteiger partial charge in [-0.25, -0.2) is 8.42 Å². The van der Waals surface area contributed by atoms with Crippen molar-refractivity contribution in [3.05, 3.63) is 0 Å². The molecule has 5 heteroatoms. The van der Waals surface area contributed by atoms with E-state index in [4.69, 9.17) is 11.6 Å². The number of alkyl halides is 1. The first-order valence-corrected chi connectivity index (χ1v) is 9.29. The molecule has 0 aromatic heterocycles. The zero-order valence-corrected chi connectivity index (χ0v) is 13.1. The van der Waals surface area contributed by atoms with Crippen molar-refractivity contribution in [3.8, 4) is 0 Å². The summed E-state index contributed by atoms with van der Waals surface area (Å²) < 4.78 is 22.9. The zero-order valence-electron chi connectivity index (χ0n) is 11.6. The van der Waals surface area contributed by atoms with E-state index in [1.807, 2.05) is 6.92 Å². The zero-order chi connectivity index (χ0) is 13.6. The molecule has 0 bridgehead atoms. The van der Waals surface area contributed by atoms with E-state index < -0.39 is 9.84 Å². The van der Waals surface area contributed by atoms with Gasteiger partial charge in [-0.2, -0.15) is 0 Å². The van der Waals surface area contributed by atoms with Crippen molar-refractivity contribution >= 4 is 21.4 Å². The lowest BCUT2D eigenvalue weighted by atomic mass is 9.98. The van der Waals surface area contributed by atoms with Crippen molar-refractivity contribution in [2.45, 2.75) is 57.4 Å². The molecule has 0 aromatic rings. The maximum Gasteiger partial charge on any atom is 0.150 e. The Kier molecular flexibility index (Phi) is 6.96. The summed E-state index contributed by atoms with van der Waals surface area (Å²) in [4.78, 5) is 2.44. The summed E-state index contributed by atoms with van der Waals surface area (Å²) >= 11 is 6.08. The van der Waals surface area contributed by atoms with Crippen LogP contribution in [-0.2, 0) is 9.84 Å². The van der Waals surface area contributed by atoms with Gasteiger partial charge in [0.15, 0.2) is 0 Å². The van der Waals surface area contributed by atoms with E-state index in [0.717, 1.165) is 25.9 Å². The monoisotopic (exact) mass is 295 g/mol. The third-order valence-corrected chi connectivity index (χ3v) is 5.65. The average Bonchev–Trinajstić information content (AvgIpc) is 2.30. The number of hydrogen-bond acceptors (Lipinski definition) is 3. The van der Waals surface area contributed by atoms with Crippen LogP contribution >= 0.6 is 11.6 Å². The molecule has 0 N–H and O–H groups in total. The van der Waals surface area contributed by atoms with E-state index in [9.17, 15) is 8.42 Å². The topological polar surface area (TPSA) is 37.4 Å². The lowest BCUT2D eigenvalue weighted by molar-refractivity contribution is 0.141. The minimum absolute atomic E-state index is 0.204. The Morgan fingerprint density at radius 3 is 2.72 bits per heavy atom. The summed E-state index contributed by atoms with van der Waals surface area (Å²) in [5.74, 6) is 0.582. The summed E-state index contributed by atoms with van der Waals surface area (Å²) in [6.07, 6.45) is 5.48. The van der Waals surface area contributed by atoms with Crippen LogP contribution in [0.15, 0.2) is 0 Å². The fourth-order valence-corrected chi connectivity index (χ4v) is 3.69. The van der Waals surface area contributed by atoms with E-state index in [2.05, 4.69) is 4.90 Å². The van der Waals surface area contributed by atoms with E-state index >= 15 is 0 Å². The van der Waals surface area contributed by atoms with E-state index in [0.29, 0.717) is 11.8 Å². The van der Waals surface area contributed by atoms with Gasteiger partial charge in [0.25, 0.3) is 0 Å². The van der Waals surface area contributed by atoms with Gasteiger partial charge in [-0.15, -0.1) is 11.6 Å². The molecule has 2 unspecified atom stereocenters. The molecule has 2 atom stereocenters. The van der Waals surface area contributed by atoms with Crippen molar-refractivity contribution in [1.29, 1.82) is 0 Å². The van der Waals surface area contributed by atoms with Crippen LogP contribution in [0, 0.1) is 0 Å². The Hall–Kier alpha value is 0.200. The quantitative estimate of drug-likeness (QED) is 0.678. The molecule has 18 heavy (non-hydrogen) atoms. The molecule has 3 nitrogen and oxygen atoms in total. The summed E-state index contributed by atoms with van der Waals surface area (Å²) in [6, 6.07) is 0.551. The highest BCUT2D eigenvalue weighted by Gasteiger charge is 2.23. The lowest BCUT2D eigenvalue weighted by Crippen LogP contribution is -2.41. The number of nitrogens with zero attached hydrogens (tertiary/aromatic N) is 1. The Bertz CT molecular complexity index is 330. The van der Waals surface area contributed by atoms with Crippen molar-refractivity contribution in [3.63, 3.8) is 0 Å². The molecule has 108 valence electrons. The van der Waals surface area contributed by atoms with Gasteiger partial charge in [-0.3, -0.25) is 0 Å². The Morgan fingerprint density at radius 1 is 1.39 bits per heavy atom. The van der Waals surface area contributed by atoms with Crippen molar-refractivity contribution in [2.24, 2.45) is 0 Å². The van der Waals surface area contributed by atoms with Crippen LogP contribution in [0.2, 0.25) is 0 Å². The summed E-state index contributed by atoms with van der Waals surface area (Å²) in [7, 11) is -2.81. The molecule has 0 spiro atoms. The number of hydrogen-bond donors (Lipinski definition) is 0. The molecule has 1 aliphatic rings. The van der Waals surface area contributed by atoms with Crippen LogP contribution < -0.4 is 0 Å². The molecule has 0 aliphatic carbocycles. The van der Waals surface area contributed by atoms with Gasteiger partial charge in [-0.1, -0.05) is 13.3 Å². The average molecular weight is 296 g/mol. The van der Waals surface area contributed by atoms with Gasteiger partial charge in [0, 0.05) is 17.2 Å². The van der Waals surface area contributed by atoms with Crippen LogP contribution in [0.25, 0.3) is 0 Å². The van der Waals surface area contributed by atoms with Crippen LogP contribution in [-0.4, -0.2) is 49.3 Å². The van der Waals surface area contributed by atoms with Crippen molar-refractivity contribution < 1.29 is 8.42 Å². The molecule has 0 aromatic carbocycles. The molecule has 1 rings (SSSR count). The molecule has 1 aliphatic heterocycles. The van der Waals surface area contributed by atoms with Crippen LogP contribution in [0.1, 0.15) is 46.0 Å². The van der Waals surface area contributed by atoms with Crippen LogP contribution in [0.4, 0.5) is 0 Å². The Balaban J connectivity index is 2.38. The fraction of sp³-hybridized carbons (Fsp3) is 1.00. The third kappa shape index (κ3) is 5.89. The predicted octanol–water partition coefficient (Wildman–Crippen LogP) is 2.68. The summed E-state index contributed by atoms with van der Waals surface area (Å²) in [6.45, 7) is 5.75. The number of piperidine rings is 1. The molecule has 0 radical (unpaired) electrons. The first-order valence-electron chi connectivity index (χ1n) is 7.03. The van der Waals surface area contributed by atoms with Gasteiger partial charge in [0.2, 0.25) is 0 Å². The minimum atomic E-state index is -2.81. The van der Waals surface area contributed by atoms with E-state index in [-0.39, 0.29) is 11.1 Å². The van der Waals surface area contributed by atoms with Gasteiger partial charge in [0.05, 0.1) is 5.75 Å². The lowest BCUT2D eigenvalue weighted by Gasteiger charge is -2.36. The van der Waals surface area contributed by atoms with Gasteiger partial charge in [-0.05, 0) is 45.7 Å². The van der Waals surface area contributed by atoms with Crippen LogP contribution in [0.5, 0.6) is 0 Å². The summed E-state index contributed by atoms with van der Waals surface area (Å²) in [5.41, 5.74) is 0. The number of halogens is 1. The van der Waals surface area contributed by atoms with Gasteiger partial charge >= 0.3 is 0 Å². The molecule has 0 amide bonds. The second-order valence-corrected chi connectivity index (χ2v) is 8.51. The Morgan fingerprint density at radius 2 is 2.11 bits per heavy atom. The van der Waals surface area contributed by atoms with Crippen molar-refractivity contribution in [1.82, 2.24) is 4.90 Å². The highest BCUT2D eigenvalue weighted by molar-refractivity contribution is 7.91. The highest BCUT2D eigenvalue weighted by Crippen LogP contribution is 2.22. The van der Waals surface area contributed by atoms with E-state index in [1.165, 1.54) is 19.3 Å². The smallest absolute Gasteiger partial charge is 0.150 e. The third-order valence-electron chi connectivity index (χ3n) is 3.69. The SMILES string of the molecule is CCS(=O)(=O)CCCN1CCCCC1CC(C)Cl. The second kappa shape index (κ2) is 7.71. The summed E-state index contributed by atoms with van der Waals surface area (Å²) in [5, 5.41) is 0.204. The fourth-order valence-electron chi connectivity index (χ4n) is 2.63. The van der Waals surface area contributed by atoms with E-state index in [1.54, 1.807) is 6.92 Å². The molecule has 1 heterocycles. The normalized spacial score (nSPS) is 24.1. The van der Waals surface area contributed by atoms with Gasteiger partial charge < -0.3 is 4.90 Å². The highest BCUT2D eigenvalue weighted by atomic mass is 35.5. The molecular formula is C13H26ClNO2S. The first kappa shape index (κ1) is 16.3. The van der Waals surface area contributed by atoms with Crippen LogP contribution in [0.3, 0.4) is 0 Å². The maximum absolute atomic E-state index is 11.5.